The van der Waals surface area contributed by atoms with Crippen molar-refractivity contribution in [1.82, 2.24) is 14.5 Å². The third-order valence-electron chi connectivity index (χ3n) is 8.59. The molecule has 1 aromatic heterocycles. The molecule has 1 aliphatic heterocycles. The molecule has 240 valence electrons. The Morgan fingerprint density at radius 3 is 2.67 bits per heavy atom. The van der Waals surface area contributed by atoms with Gasteiger partial charge in [-0.15, -0.1) is 0 Å². The zero-order valence-electron chi connectivity index (χ0n) is 27.1. The zero-order valence-corrected chi connectivity index (χ0v) is 27.8. The molecule has 0 radical (unpaired) electrons. The summed E-state index contributed by atoms with van der Waals surface area (Å²) in [4.78, 5) is 22.8. The van der Waals surface area contributed by atoms with Crippen LogP contribution in [0.2, 0.25) is 5.02 Å². The predicted octanol–water partition coefficient (Wildman–Crippen LogP) is 8.36. The Balaban J connectivity index is 1.28. The number of aromatic nitrogens is 2. The maximum atomic E-state index is 14.3. The molecule has 2 heterocycles. The van der Waals surface area contributed by atoms with Crippen molar-refractivity contribution in [2.24, 2.45) is 5.92 Å². The van der Waals surface area contributed by atoms with Crippen molar-refractivity contribution < 1.29 is 19.0 Å². The molecule has 4 aromatic rings. The summed E-state index contributed by atoms with van der Waals surface area (Å²) >= 11 is 6.83. The molecule has 0 saturated carbocycles. The molecule has 1 unspecified atom stereocenters. The Labute approximate surface area is 271 Å². The van der Waals surface area contributed by atoms with E-state index >= 15 is 0 Å². The Morgan fingerprint density at radius 1 is 1.07 bits per heavy atom. The lowest BCUT2D eigenvalue weighted by Crippen LogP contribution is -2.51. The first-order valence-electron chi connectivity index (χ1n) is 15.9. The van der Waals surface area contributed by atoms with Crippen LogP contribution in [0.1, 0.15) is 57.3 Å². The van der Waals surface area contributed by atoms with Gasteiger partial charge in [-0.25, -0.2) is 9.78 Å². The molecule has 1 fully saturated rings. The molecule has 1 aliphatic rings. The molecule has 45 heavy (non-hydrogen) atoms. The van der Waals surface area contributed by atoms with E-state index in [1.54, 1.807) is 14.2 Å². The molecule has 0 spiro atoms. The van der Waals surface area contributed by atoms with Gasteiger partial charge in [-0.05, 0) is 80.5 Å². The lowest BCUT2D eigenvalue weighted by molar-refractivity contribution is 0.140. The first kappa shape index (κ1) is 32.5. The number of likely N-dealkylation sites (tertiary alicyclic amines) is 1. The first-order valence-corrected chi connectivity index (χ1v) is 16.3. The highest BCUT2D eigenvalue weighted by Gasteiger charge is 2.32. The molecule has 0 N–H and O–H groups in total. The van der Waals surface area contributed by atoms with E-state index in [1.165, 1.54) is 0 Å². The molecule has 8 nitrogen and oxygen atoms in total. The SMILES string of the molecule is COc1ccc(N(CCC(C)C)C(=O)N2CCCCC2CCOc2cccc(Cn3c(C)nc4ccccc43)c2)c(Cl)c1OC. The largest absolute Gasteiger partial charge is 0.494 e. The highest BCUT2D eigenvalue weighted by molar-refractivity contribution is 6.35. The molecule has 0 bridgehead atoms. The summed E-state index contributed by atoms with van der Waals surface area (Å²) < 4.78 is 19.5. The zero-order chi connectivity index (χ0) is 31.9. The average molecular weight is 633 g/mol. The number of amides is 2. The van der Waals surface area contributed by atoms with Crippen LogP contribution in [-0.4, -0.2) is 60.4 Å². The minimum absolute atomic E-state index is 0.0283. The highest BCUT2D eigenvalue weighted by atomic mass is 35.5. The van der Waals surface area contributed by atoms with Crippen molar-refractivity contribution in [3.05, 3.63) is 77.1 Å². The number of nitrogens with zero attached hydrogens (tertiary/aromatic N) is 4. The Kier molecular flexibility index (Phi) is 10.8. The van der Waals surface area contributed by atoms with E-state index in [2.05, 4.69) is 36.6 Å². The van der Waals surface area contributed by atoms with Gasteiger partial charge < -0.3 is 23.7 Å². The number of ether oxygens (including phenoxy) is 3. The fraction of sp³-hybridized carbons (Fsp3) is 0.444. The van der Waals surface area contributed by atoms with Gasteiger partial charge in [-0.2, -0.15) is 0 Å². The summed E-state index contributed by atoms with van der Waals surface area (Å²) in [6.07, 6.45) is 4.61. The fourth-order valence-corrected chi connectivity index (χ4v) is 6.46. The Bertz CT molecular complexity index is 1600. The lowest BCUT2D eigenvalue weighted by Gasteiger charge is -2.39. The molecule has 2 amide bonds. The number of carbonyl (C=O) groups excluding carboxylic acids is 1. The van der Waals surface area contributed by atoms with Gasteiger partial charge in [-0.1, -0.05) is 49.7 Å². The molecule has 1 atom stereocenters. The summed E-state index contributed by atoms with van der Waals surface area (Å²) in [6, 6.07) is 20.2. The molecule has 3 aromatic carbocycles. The number of methoxy groups -OCH3 is 2. The van der Waals surface area contributed by atoms with Crippen LogP contribution in [0.3, 0.4) is 0 Å². The van der Waals surface area contributed by atoms with Crippen LogP contribution >= 0.6 is 11.6 Å². The summed E-state index contributed by atoms with van der Waals surface area (Å²) in [5.74, 6) is 3.21. The van der Waals surface area contributed by atoms with Crippen LogP contribution in [0, 0.1) is 12.8 Å². The van der Waals surface area contributed by atoms with E-state index in [9.17, 15) is 4.79 Å². The predicted molar refractivity (Wildman–Crippen MR) is 181 cm³/mol. The van der Waals surface area contributed by atoms with Gasteiger partial charge in [-0.3, -0.25) is 4.90 Å². The van der Waals surface area contributed by atoms with Crippen molar-refractivity contribution >= 4 is 34.4 Å². The van der Waals surface area contributed by atoms with E-state index < -0.39 is 0 Å². The highest BCUT2D eigenvalue weighted by Crippen LogP contribution is 2.42. The minimum atomic E-state index is -0.0283. The van der Waals surface area contributed by atoms with Crippen LogP contribution in [0.25, 0.3) is 11.0 Å². The van der Waals surface area contributed by atoms with E-state index in [0.29, 0.717) is 47.8 Å². The van der Waals surface area contributed by atoms with Crippen molar-refractivity contribution in [3.8, 4) is 17.2 Å². The second-order valence-electron chi connectivity index (χ2n) is 12.1. The number of urea groups is 1. The molecule has 0 aliphatic carbocycles. The number of hydrogen-bond donors (Lipinski definition) is 0. The topological polar surface area (TPSA) is 69.1 Å². The number of hydrogen-bond acceptors (Lipinski definition) is 5. The summed E-state index contributed by atoms with van der Waals surface area (Å²) in [6.45, 7) is 8.87. The third kappa shape index (κ3) is 7.50. The molecule has 9 heteroatoms. The van der Waals surface area contributed by atoms with E-state index in [1.807, 2.05) is 59.2 Å². The van der Waals surface area contributed by atoms with Crippen LogP contribution in [0.4, 0.5) is 10.5 Å². The number of rotatable bonds is 12. The van der Waals surface area contributed by atoms with Gasteiger partial charge in [0.05, 0.1) is 37.5 Å². The molecule has 1 saturated heterocycles. The number of anilines is 1. The summed E-state index contributed by atoms with van der Waals surface area (Å²) in [7, 11) is 3.14. The van der Waals surface area contributed by atoms with E-state index in [-0.39, 0.29) is 12.1 Å². The normalized spacial score (nSPS) is 15.0. The number of imidazole rings is 1. The van der Waals surface area contributed by atoms with Gasteiger partial charge >= 0.3 is 6.03 Å². The van der Waals surface area contributed by atoms with Gasteiger partial charge in [0.2, 0.25) is 0 Å². The Hall–Kier alpha value is -3.91. The van der Waals surface area contributed by atoms with Crippen molar-refractivity contribution in [1.29, 1.82) is 0 Å². The third-order valence-corrected chi connectivity index (χ3v) is 8.96. The number of piperidine rings is 1. The summed E-state index contributed by atoms with van der Waals surface area (Å²) in [5, 5.41) is 0.379. The number of carbonyl (C=O) groups is 1. The lowest BCUT2D eigenvalue weighted by atomic mass is 10.00. The average Bonchev–Trinajstić information content (AvgIpc) is 3.36. The standard InChI is InChI=1S/C36H45ClN4O4/c1-25(2)18-21-40(32-16-17-33(43-4)35(44-5)34(32)37)36(42)39-20-9-8-12-28(39)19-22-45-29-13-10-11-27(23-29)24-41-26(3)38-30-14-6-7-15-31(30)41/h6-7,10-11,13-17,23,25,28H,8-9,12,18-22,24H2,1-5H3. The maximum Gasteiger partial charge on any atom is 0.324 e. The number of aryl methyl sites for hydroxylation is 1. The van der Waals surface area contributed by atoms with Gasteiger partial charge in [0.25, 0.3) is 0 Å². The van der Waals surface area contributed by atoms with E-state index in [0.717, 1.165) is 66.8 Å². The number of fused-ring (bicyclic) bond motifs is 1. The van der Waals surface area contributed by atoms with Crippen molar-refractivity contribution in [3.63, 3.8) is 0 Å². The second kappa shape index (κ2) is 14.9. The second-order valence-corrected chi connectivity index (χ2v) is 12.5. The number of benzene rings is 3. The quantitative estimate of drug-likeness (QED) is 0.157. The maximum absolute atomic E-state index is 14.3. The minimum Gasteiger partial charge on any atom is -0.494 e. The monoisotopic (exact) mass is 632 g/mol. The van der Waals surface area contributed by atoms with Crippen LogP contribution in [0.5, 0.6) is 17.2 Å². The molecule has 5 rings (SSSR count). The van der Waals surface area contributed by atoms with Crippen LogP contribution < -0.4 is 19.1 Å². The van der Waals surface area contributed by atoms with Gasteiger partial charge in [0.15, 0.2) is 11.5 Å². The van der Waals surface area contributed by atoms with Crippen molar-refractivity contribution in [2.75, 3.05) is 38.8 Å². The Morgan fingerprint density at radius 2 is 1.89 bits per heavy atom. The van der Waals surface area contributed by atoms with Gasteiger partial charge in [0.1, 0.15) is 16.6 Å². The molecular weight excluding hydrogens is 588 g/mol. The first-order chi connectivity index (χ1) is 21.8. The van der Waals surface area contributed by atoms with E-state index in [4.69, 9.17) is 30.8 Å². The van der Waals surface area contributed by atoms with Crippen molar-refractivity contribution in [2.45, 2.75) is 65.5 Å². The fourth-order valence-electron chi connectivity index (χ4n) is 6.13. The number of para-hydroxylation sites is 2. The molecular formula is C36H45ClN4O4. The smallest absolute Gasteiger partial charge is 0.324 e. The van der Waals surface area contributed by atoms with Crippen LogP contribution in [-0.2, 0) is 6.54 Å². The number of halogens is 1. The summed E-state index contributed by atoms with van der Waals surface area (Å²) in [5.41, 5.74) is 3.92. The van der Waals surface area contributed by atoms with Crippen LogP contribution in [0.15, 0.2) is 60.7 Å². The van der Waals surface area contributed by atoms with Gasteiger partial charge in [0, 0.05) is 32.1 Å².